The maximum atomic E-state index is 6.46. The number of nitrogens with zero attached hydrogens (tertiary/aromatic N) is 5. The zero-order valence-corrected chi connectivity index (χ0v) is 33.8. The predicted octanol–water partition coefficient (Wildman–Crippen LogP) is 10.1. The molecule has 0 aliphatic heterocycles. The standard InChI is InChI=1S/C46H43N5O.Pt/c1-30-22-32(3)42(25-31(30)2)49-21-20-48(29-49)36-12-11-13-37(26-36)52-38-16-17-40-39-14-9-10-15-41(39)51(43(40)27-38)28-44-47-18-19-50(44)45-33(4)23-35(24-34(45)5)46(6,7)8;/h9-25H,28H2,1-8H3;/q-2;. The van der Waals surface area contributed by atoms with Gasteiger partial charge in [0.05, 0.1) is 17.9 Å². The molecule has 0 atom stereocenters. The fourth-order valence-corrected chi connectivity index (χ4v) is 7.28. The largest absolute Gasteiger partial charge is 0.510 e. The van der Waals surface area contributed by atoms with Crippen molar-refractivity contribution in [2.45, 2.75) is 67.3 Å². The van der Waals surface area contributed by atoms with E-state index in [-0.39, 0.29) is 26.5 Å². The van der Waals surface area contributed by atoms with Crippen molar-refractivity contribution in [2.24, 2.45) is 0 Å². The summed E-state index contributed by atoms with van der Waals surface area (Å²) in [5.74, 6) is 2.18. The third-order valence-electron chi connectivity index (χ3n) is 10.2. The maximum absolute atomic E-state index is 6.46. The number of benzene rings is 5. The van der Waals surface area contributed by atoms with Crippen molar-refractivity contribution < 1.29 is 30.4 Å². The topological polar surface area (TPSA) is 40.8 Å². The van der Waals surface area contributed by atoms with Crippen molar-refractivity contribution >= 4 is 21.8 Å². The monoisotopic (exact) mass is 876 g/mol. The number of aromatic nitrogens is 5. The van der Waals surface area contributed by atoms with Crippen LogP contribution in [0.15, 0.2) is 104 Å². The van der Waals surface area contributed by atoms with Crippen molar-refractivity contribution in [2.75, 3.05) is 0 Å². The molecule has 8 aromatic rings. The number of fused-ring (bicyclic) bond motifs is 3. The summed E-state index contributed by atoms with van der Waals surface area (Å²) in [7, 11) is 0. The molecule has 5 aromatic carbocycles. The van der Waals surface area contributed by atoms with Gasteiger partial charge in [-0.05, 0) is 91.1 Å². The molecule has 0 radical (unpaired) electrons. The van der Waals surface area contributed by atoms with E-state index in [9.17, 15) is 0 Å². The first kappa shape index (κ1) is 36.2. The van der Waals surface area contributed by atoms with Crippen molar-refractivity contribution in [3.63, 3.8) is 0 Å². The third kappa shape index (κ3) is 6.77. The van der Waals surface area contributed by atoms with Gasteiger partial charge in [-0.3, -0.25) is 4.57 Å². The van der Waals surface area contributed by atoms with Crippen LogP contribution >= 0.6 is 0 Å². The Morgan fingerprint density at radius 2 is 1.47 bits per heavy atom. The van der Waals surface area contributed by atoms with Crippen LogP contribution in [0.2, 0.25) is 0 Å². The van der Waals surface area contributed by atoms with Crippen molar-refractivity contribution in [3.8, 4) is 28.6 Å². The van der Waals surface area contributed by atoms with Gasteiger partial charge in [0.25, 0.3) is 6.33 Å². The van der Waals surface area contributed by atoms with Crippen molar-refractivity contribution in [3.05, 3.63) is 161 Å². The molecule has 0 unspecified atom stereocenters. The molecule has 53 heavy (non-hydrogen) atoms. The number of ether oxygens (including phenoxy) is 1. The molecule has 0 saturated heterocycles. The molecule has 3 aromatic heterocycles. The van der Waals surface area contributed by atoms with E-state index in [0.29, 0.717) is 18.0 Å². The van der Waals surface area contributed by atoms with Crippen LogP contribution in [0.3, 0.4) is 0 Å². The third-order valence-corrected chi connectivity index (χ3v) is 10.2. The number of hydrogen-bond acceptors (Lipinski definition) is 2. The summed E-state index contributed by atoms with van der Waals surface area (Å²) in [5.41, 5.74) is 12.8. The summed E-state index contributed by atoms with van der Waals surface area (Å²) in [5, 5.41) is 2.29. The molecule has 0 spiro atoms. The molecule has 270 valence electrons. The van der Waals surface area contributed by atoms with Gasteiger partial charge in [-0.1, -0.05) is 68.2 Å². The first-order valence-electron chi connectivity index (χ1n) is 17.8. The molecule has 0 saturated carbocycles. The van der Waals surface area contributed by atoms with E-state index in [0.717, 1.165) is 33.6 Å². The van der Waals surface area contributed by atoms with Crippen LogP contribution < -0.4 is 9.30 Å². The number of hydrogen-bond donors (Lipinski definition) is 0. The fourth-order valence-electron chi connectivity index (χ4n) is 7.28. The van der Waals surface area contributed by atoms with E-state index >= 15 is 0 Å². The van der Waals surface area contributed by atoms with Gasteiger partial charge in [0.15, 0.2) is 0 Å². The van der Waals surface area contributed by atoms with Crippen LogP contribution in [-0.4, -0.2) is 18.7 Å². The molecule has 0 bridgehead atoms. The van der Waals surface area contributed by atoms with Crippen LogP contribution in [0.5, 0.6) is 11.5 Å². The predicted molar refractivity (Wildman–Crippen MR) is 208 cm³/mol. The van der Waals surface area contributed by atoms with Crippen LogP contribution in [-0.2, 0) is 33.0 Å². The minimum atomic E-state index is 0. The minimum absolute atomic E-state index is 0. The van der Waals surface area contributed by atoms with Crippen LogP contribution in [0.1, 0.15) is 60.0 Å². The molecule has 0 aliphatic carbocycles. The van der Waals surface area contributed by atoms with Crippen LogP contribution in [0.25, 0.3) is 38.9 Å². The Kier molecular flexibility index (Phi) is 9.55. The van der Waals surface area contributed by atoms with E-state index in [4.69, 9.17) is 9.72 Å². The molecule has 0 aliphatic rings. The fraction of sp³-hybridized carbons (Fsp3) is 0.217. The van der Waals surface area contributed by atoms with Crippen molar-refractivity contribution in [1.82, 2.24) is 18.7 Å². The zero-order chi connectivity index (χ0) is 36.3. The van der Waals surface area contributed by atoms with Gasteiger partial charge in [0.2, 0.25) is 0 Å². The molecule has 0 N–H and O–H groups in total. The summed E-state index contributed by atoms with van der Waals surface area (Å²) < 4.78 is 15.0. The SMILES string of the molecule is Cc1cc(C)c(-[n+]2[c-]n(-c3[c-]c(Oc4[c-]c5c(cc4)c4ccccc4n5Cc4nccn4-c4c(C)cc(C(C)(C)C)cc4C)ccc3)cc2)cc1C.[Pt]. The number of imidazole rings is 2. The summed E-state index contributed by atoms with van der Waals surface area (Å²) >= 11 is 0. The molecular weight excluding hydrogens is 834 g/mol. The second kappa shape index (κ2) is 14.0. The minimum Gasteiger partial charge on any atom is -0.510 e. The van der Waals surface area contributed by atoms with Gasteiger partial charge in [0.1, 0.15) is 5.82 Å². The molecular formula is C46H43N5OPt-2. The van der Waals surface area contributed by atoms with Gasteiger partial charge in [0, 0.05) is 62.9 Å². The average molecular weight is 877 g/mol. The van der Waals surface area contributed by atoms with E-state index in [1.807, 2.05) is 52.0 Å². The summed E-state index contributed by atoms with van der Waals surface area (Å²) in [6, 6.07) is 34.7. The number of para-hydroxylation sites is 1. The normalized spacial score (nSPS) is 11.7. The van der Waals surface area contributed by atoms with E-state index in [2.05, 4.69) is 144 Å². The molecule has 6 nitrogen and oxygen atoms in total. The molecule has 7 heteroatoms. The van der Waals surface area contributed by atoms with Gasteiger partial charge < -0.3 is 18.4 Å². The summed E-state index contributed by atoms with van der Waals surface area (Å²) in [6.07, 6.45) is 11.4. The zero-order valence-electron chi connectivity index (χ0n) is 31.5. The van der Waals surface area contributed by atoms with E-state index in [1.165, 1.54) is 44.5 Å². The Hall–Kier alpha value is -5.19. The van der Waals surface area contributed by atoms with Gasteiger partial charge in [-0.25, -0.2) is 4.98 Å². The number of aryl methyl sites for hydroxylation is 5. The molecule has 3 heterocycles. The van der Waals surface area contributed by atoms with E-state index in [1.54, 1.807) is 0 Å². The van der Waals surface area contributed by atoms with Crippen LogP contribution in [0.4, 0.5) is 0 Å². The second-order valence-electron chi connectivity index (χ2n) is 15.0. The Balaban J connectivity index is 0.00000435. The van der Waals surface area contributed by atoms with Crippen molar-refractivity contribution in [1.29, 1.82) is 0 Å². The van der Waals surface area contributed by atoms with E-state index < -0.39 is 0 Å². The molecule has 8 rings (SSSR count). The summed E-state index contributed by atoms with van der Waals surface area (Å²) in [6.45, 7) is 18.2. The van der Waals surface area contributed by atoms with Gasteiger partial charge in [-0.15, -0.1) is 29.7 Å². The van der Waals surface area contributed by atoms with Gasteiger partial charge >= 0.3 is 0 Å². The first-order valence-corrected chi connectivity index (χ1v) is 17.8. The average Bonchev–Trinajstić information content (AvgIpc) is 3.85. The summed E-state index contributed by atoms with van der Waals surface area (Å²) in [4.78, 5) is 4.88. The molecule has 0 fully saturated rings. The molecule has 0 amide bonds. The Labute approximate surface area is 326 Å². The second-order valence-corrected chi connectivity index (χ2v) is 15.0. The smallest absolute Gasteiger partial charge is 0.267 e. The Bertz CT molecular complexity index is 2610. The first-order chi connectivity index (χ1) is 24.9. The Morgan fingerprint density at radius 3 is 2.25 bits per heavy atom. The quantitative estimate of drug-likeness (QED) is 0.118. The Morgan fingerprint density at radius 1 is 0.736 bits per heavy atom. The maximum Gasteiger partial charge on any atom is 0.267 e. The van der Waals surface area contributed by atoms with Gasteiger partial charge in [-0.2, -0.15) is 18.2 Å². The van der Waals surface area contributed by atoms with Crippen LogP contribution in [0, 0.1) is 53.1 Å². The number of rotatable bonds is 7.